The molecule has 0 saturated heterocycles. The third-order valence-corrected chi connectivity index (χ3v) is 5.17. The number of ether oxygens (including phenoxy) is 1. The van der Waals surface area contributed by atoms with Crippen LogP contribution in [-0.2, 0) is 12.8 Å². The summed E-state index contributed by atoms with van der Waals surface area (Å²) in [5, 5.41) is 5.83. The van der Waals surface area contributed by atoms with Crippen molar-refractivity contribution >= 4 is 17.8 Å². The summed E-state index contributed by atoms with van der Waals surface area (Å²) >= 11 is 1.81. The summed E-state index contributed by atoms with van der Waals surface area (Å²) in [6.07, 6.45) is 2.78. The number of hydrogen-bond acceptors (Lipinski definition) is 3. The van der Waals surface area contributed by atoms with Crippen molar-refractivity contribution in [2.75, 3.05) is 25.4 Å². The second kappa shape index (κ2) is 9.37. The van der Waals surface area contributed by atoms with Crippen LogP contribution in [0.1, 0.15) is 17.5 Å². The van der Waals surface area contributed by atoms with Gasteiger partial charge in [0.25, 0.3) is 0 Å². The van der Waals surface area contributed by atoms with E-state index < -0.39 is 0 Å². The fraction of sp³-hybridized carbons (Fsp3) is 0.350. The lowest BCUT2D eigenvalue weighted by Gasteiger charge is -2.08. The number of rotatable bonds is 8. The molecule has 132 valence electrons. The second-order valence-electron chi connectivity index (χ2n) is 5.99. The van der Waals surface area contributed by atoms with Gasteiger partial charge in [-0.1, -0.05) is 30.3 Å². The van der Waals surface area contributed by atoms with E-state index in [0.717, 1.165) is 37.4 Å². The Morgan fingerprint density at radius 3 is 2.80 bits per heavy atom. The molecule has 0 fully saturated rings. The molecule has 5 heteroatoms. The number of thioether (sulfide) groups is 1. The molecular formula is C20H24N2O2S. The van der Waals surface area contributed by atoms with Crippen LogP contribution in [0.3, 0.4) is 0 Å². The molecule has 0 aromatic heterocycles. The molecule has 0 atom stereocenters. The summed E-state index contributed by atoms with van der Waals surface area (Å²) in [7, 11) is 0. The first-order valence-corrected chi connectivity index (χ1v) is 9.74. The van der Waals surface area contributed by atoms with Crippen molar-refractivity contribution in [3.05, 3.63) is 59.7 Å². The normalized spacial score (nSPS) is 12.3. The van der Waals surface area contributed by atoms with Gasteiger partial charge in [-0.2, -0.15) is 0 Å². The number of nitrogens with one attached hydrogen (secondary N) is 2. The highest BCUT2D eigenvalue weighted by Gasteiger charge is 2.11. The summed E-state index contributed by atoms with van der Waals surface area (Å²) in [5.74, 6) is 2.00. The average Bonchev–Trinajstić information content (AvgIpc) is 3.10. The average molecular weight is 356 g/mol. The van der Waals surface area contributed by atoms with Crippen molar-refractivity contribution < 1.29 is 9.53 Å². The standard InChI is InChI=1S/C20H24N2O2S/c23-20(21-11-4-14-25-18-5-2-1-3-6-18)22-12-9-16-7-8-19-17(15-16)10-13-24-19/h1-3,5-8,15H,4,9-14H2,(H2,21,22,23). The summed E-state index contributed by atoms with van der Waals surface area (Å²) in [4.78, 5) is 13.1. The Labute approximate surface area is 153 Å². The van der Waals surface area contributed by atoms with Crippen LogP contribution in [-0.4, -0.2) is 31.5 Å². The van der Waals surface area contributed by atoms with Crippen molar-refractivity contribution in [2.45, 2.75) is 24.2 Å². The van der Waals surface area contributed by atoms with E-state index in [2.05, 4.69) is 34.9 Å². The van der Waals surface area contributed by atoms with E-state index in [1.807, 2.05) is 36.0 Å². The van der Waals surface area contributed by atoms with E-state index >= 15 is 0 Å². The Hall–Kier alpha value is -2.14. The smallest absolute Gasteiger partial charge is 0.314 e. The Morgan fingerprint density at radius 1 is 1.08 bits per heavy atom. The first-order chi connectivity index (χ1) is 12.3. The van der Waals surface area contributed by atoms with Crippen LogP contribution in [0.5, 0.6) is 5.75 Å². The number of carbonyl (C=O) groups excluding carboxylic acids is 1. The van der Waals surface area contributed by atoms with Gasteiger partial charge < -0.3 is 15.4 Å². The molecule has 1 heterocycles. The molecular weight excluding hydrogens is 332 g/mol. The molecule has 3 rings (SSSR count). The molecule has 4 nitrogen and oxygen atoms in total. The van der Waals surface area contributed by atoms with Gasteiger partial charge in [-0.3, -0.25) is 0 Å². The molecule has 2 aromatic carbocycles. The molecule has 0 saturated carbocycles. The molecule has 0 bridgehead atoms. The lowest BCUT2D eigenvalue weighted by Crippen LogP contribution is -2.37. The predicted octanol–water partition coefficient (Wildman–Crippen LogP) is 3.65. The third-order valence-electron chi connectivity index (χ3n) is 4.07. The summed E-state index contributed by atoms with van der Waals surface area (Å²) in [5.41, 5.74) is 2.52. The fourth-order valence-electron chi connectivity index (χ4n) is 2.76. The van der Waals surface area contributed by atoms with Crippen molar-refractivity contribution in [1.82, 2.24) is 10.6 Å². The minimum absolute atomic E-state index is 0.0887. The van der Waals surface area contributed by atoms with Gasteiger partial charge in [0.05, 0.1) is 6.61 Å². The highest BCUT2D eigenvalue weighted by molar-refractivity contribution is 7.99. The van der Waals surface area contributed by atoms with Crippen LogP contribution in [0, 0.1) is 0 Å². The van der Waals surface area contributed by atoms with Gasteiger partial charge in [0.2, 0.25) is 0 Å². The molecule has 2 aromatic rings. The quantitative estimate of drug-likeness (QED) is 0.561. The Kier molecular flexibility index (Phi) is 6.63. The molecule has 0 spiro atoms. The Morgan fingerprint density at radius 2 is 1.92 bits per heavy atom. The Balaban J connectivity index is 1.26. The summed E-state index contributed by atoms with van der Waals surface area (Å²) < 4.78 is 5.51. The van der Waals surface area contributed by atoms with E-state index in [9.17, 15) is 4.79 Å². The Bertz CT molecular complexity index is 691. The molecule has 0 unspecified atom stereocenters. The van der Waals surface area contributed by atoms with Gasteiger partial charge in [-0.15, -0.1) is 11.8 Å². The zero-order valence-corrected chi connectivity index (χ0v) is 15.1. The minimum atomic E-state index is -0.0887. The zero-order valence-electron chi connectivity index (χ0n) is 14.3. The first kappa shape index (κ1) is 17.7. The van der Waals surface area contributed by atoms with Crippen molar-refractivity contribution in [3.63, 3.8) is 0 Å². The van der Waals surface area contributed by atoms with E-state index in [4.69, 9.17) is 4.74 Å². The molecule has 1 aliphatic heterocycles. The molecule has 0 aliphatic carbocycles. The van der Waals surface area contributed by atoms with Gasteiger partial charge >= 0.3 is 6.03 Å². The topological polar surface area (TPSA) is 50.4 Å². The number of benzene rings is 2. The van der Waals surface area contributed by atoms with E-state index in [1.165, 1.54) is 16.0 Å². The van der Waals surface area contributed by atoms with E-state index in [1.54, 1.807) is 0 Å². The highest BCUT2D eigenvalue weighted by Crippen LogP contribution is 2.25. The van der Waals surface area contributed by atoms with Crippen molar-refractivity contribution in [1.29, 1.82) is 0 Å². The second-order valence-corrected chi connectivity index (χ2v) is 7.16. The number of urea groups is 1. The minimum Gasteiger partial charge on any atom is -0.493 e. The van der Waals surface area contributed by atoms with Crippen LogP contribution < -0.4 is 15.4 Å². The van der Waals surface area contributed by atoms with Crippen LogP contribution >= 0.6 is 11.8 Å². The van der Waals surface area contributed by atoms with Crippen LogP contribution in [0.25, 0.3) is 0 Å². The van der Waals surface area contributed by atoms with Crippen LogP contribution in [0.15, 0.2) is 53.4 Å². The maximum atomic E-state index is 11.8. The molecule has 0 radical (unpaired) electrons. The fourth-order valence-corrected chi connectivity index (χ4v) is 3.63. The SMILES string of the molecule is O=C(NCCCSc1ccccc1)NCCc1ccc2c(c1)CCO2. The highest BCUT2D eigenvalue weighted by atomic mass is 32.2. The monoisotopic (exact) mass is 356 g/mol. The maximum absolute atomic E-state index is 11.8. The van der Waals surface area contributed by atoms with Gasteiger partial charge in [0, 0.05) is 24.4 Å². The predicted molar refractivity (Wildman–Crippen MR) is 103 cm³/mol. The number of carbonyl (C=O) groups is 1. The number of hydrogen-bond donors (Lipinski definition) is 2. The first-order valence-electron chi connectivity index (χ1n) is 8.75. The summed E-state index contributed by atoms with van der Waals surface area (Å²) in [6, 6.07) is 16.5. The molecule has 25 heavy (non-hydrogen) atoms. The van der Waals surface area contributed by atoms with Gasteiger partial charge in [0.1, 0.15) is 5.75 Å². The third kappa shape index (κ3) is 5.71. The maximum Gasteiger partial charge on any atom is 0.314 e. The van der Waals surface area contributed by atoms with Crippen molar-refractivity contribution in [2.24, 2.45) is 0 Å². The largest absolute Gasteiger partial charge is 0.493 e. The van der Waals surface area contributed by atoms with E-state index in [0.29, 0.717) is 13.1 Å². The molecule has 2 amide bonds. The van der Waals surface area contributed by atoms with Crippen LogP contribution in [0.4, 0.5) is 4.79 Å². The van der Waals surface area contributed by atoms with Gasteiger partial charge in [-0.25, -0.2) is 4.79 Å². The lowest BCUT2D eigenvalue weighted by molar-refractivity contribution is 0.241. The van der Waals surface area contributed by atoms with E-state index in [-0.39, 0.29) is 6.03 Å². The van der Waals surface area contributed by atoms with Gasteiger partial charge in [0.15, 0.2) is 0 Å². The summed E-state index contributed by atoms with van der Waals surface area (Å²) in [6.45, 7) is 2.12. The molecule has 2 N–H and O–H groups in total. The number of fused-ring (bicyclic) bond motifs is 1. The van der Waals surface area contributed by atoms with Gasteiger partial charge in [-0.05, 0) is 47.9 Å². The zero-order chi connectivity index (χ0) is 17.3. The lowest BCUT2D eigenvalue weighted by atomic mass is 10.1. The molecule has 1 aliphatic rings. The number of amides is 2. The van der Waals surface area contributed by atoms with Crippen molar-refractivity contribution in [3.8, 4) is 5.75 Å². The van der Waals surface area contributed by atoms with Crippen LogP contribution in [0.2, 0.25) is 0 Å².